The third kappa shape index (κ3) is 4.43. The summed E-state index contributed by atoms with van der Waals surface area (Å²) in [5.74, 6) is 1.10. The molecule has 2 aliphatic carbocycles. The van der Waals surface area contributed by atoms with Gasteiger partial charge in [0.1, 0.15) is 5.54 Å². The Hall–Kier alpha value is -0.610. The minimum absolute atomic E-state index is 0.0526. The number of carbonyl (C=O) groups excluding carboxylic acids is 1. The molecule has 4 nitrogen and oxygen atoms in total. The quantitative estimate of drug-likeness (QED) is 0.497. The highest BCUT2D eigenvalue weighted by molar-refractivity contribution is 5.81. The van der Waals surface area contributed by atoms with Crippen molar-refractivity contribution in [1.29, 1.82) is 0 Å². The van der Waals surface area contributed by atoms with Crippen LogP contribution < -0.4 is 5.32 Å². The van der Waals surface area contributed by atoms with E-state index in [9.17, 15) is 4.79 Å². The Morgan fingerprint density at radius 3 is 2.76 bits per heavy atom. The highest BCUT2D eigenvalue weighted by Crippen LogP contribution is 2.39. The van der Waals surface area contributed by atoms with Crippen molar-refractivity contribution in [3.8, 4) is 0 Å². The van der Waals surface area contributed by atoms with Crippen LogP contribution in [0.2, 0.25) is 0 Å². The van der Waals surface area contributed by atoms with Gasteiger partial charge in [0.15, 0.2) is 0 Å². The molecule has 0 heterocycles. The maximum absolute atomic E-state index is 12.5. The van der Waals surface area contributed by atoms with Crippen LogP contribution in [0.25, 0.3) is 0 Å². The molecule has 2 fully saturated rings. The molecule has 2 saturated carbocycles. The molecule has 0 saturated heterocycles. The van der Waals surface area contributed by atoms with Gasteiger partial charge in [-0.2, -0.15) is 0 Å². The standard InChI is InChI=1S/C17H31NO3/c1-3-11-18-17(16(19)21-4-2)10-5-6-15(17)9-12-20-13-14-7-8-14/h14-15,18H,3-13H2,1-2H3. The van der Waals surface area contributed by atoms with Gasteiger partial charge < -0.3 is 14.8 Å². The molecule has 0 bridgehead atoms. The number of rotatable bonds is 10. The van der Waals surface area contributed by atoms with Gasteiger partial charge in [-0.1, -0.05) is 13.3 Å². The van der Waals surface area contributed by atoms with Gasteiger partial charge in [0, 0.05) is 13.2 Å². The summed E-state index contributed by atoms with van der Waals surface area (Å²) in [5.41, 5.74) is -0.463. The van der Waals surface area contributed by atoms with Crippen molar-refractivity contribution in [1.82, 2.24) is 5.32 Å². The van der Waals surface area contributed by atoms with Gasteiger partial charge >= 0.3 is 5.97 Å². The predicted octanol–water partition coefficient (Wildman–Crippen LogP) is 2.90. The van der Waals surface area contributed by atoms with Crippen LogP contribution >= 0.6 is 0 Å². The number of nitrogens with one attached hydrogen (secondary N) is 1. The van der Waals surface area contributed by atoms with Gasteiger partial charge in [-0.15, -0.1) is 0 Å². The Morgan fingerprint density at radius 1 is 1.29 bits per heavy atom. The van der Waals surface area contributed by atoms with Gasteiger partial charge in [0.25, 0.3) is 0 Å². The fourth-order valence-corrected chi connectivity index (χ4v) is 3.41. The van der Waals surface area contributed by atoms with Crippen LogP contribution in [-0.4, -0.2) is 37.9 Å². The molecular formula is C17H31NO3. The molecular weight excluding hydrogens is 266 g/mol. The molecule has 2 aliphatic rings. The first-order valence-corrected chi connectivity index (χ1v) is 8.73. The number of hydrogen-bond donors (Lipinski definition) is 1. The lowest BCUT2D eigenvalue weighted by atomic mass is 9.84. The summed E-state index contributed by atoms with van der Waals surface area (Å²) in [6.45, 7) is 7.03. The Labute approximate surface area is 129 Å². The Balaban J connectivity index is 1.88. The average Bonchev–Trinajstić information content (AvgIpc) is 3.21. The summed E-state index contributed by atoms with van der Waals surface area (Å²) < 4.78 is 11.1. The number of esters is 1. The molecule has 0 aliphatic heterocycles. The highest BCUT2D eigenvalue weighted by atomic mass is 16.5. The smallest absolute Gasteiger partial charge is 0.326 e. The van der Waals surface area contributed by atoms with Crippen LogP contribution in [0.15, 0.2) is 0 Å². The highest BCUT2D eigenvalue weighted by Gasteiger charge is 2.49. The first kappa shape index (κ1) is 16.8. The summed E-state index contributed by atoms with van der Waals surface area (Å²) in [6, 6.07) is 0. The molecule has 0 amide bonds. The number of hydrogen-bond acceptors (Lipinski definition) is 4. The molecule has 2 rings (SSSR count). The molecule has 0 aromatic heterocycles. The molecule has 122 valence electrons. The van der Waals surface area contributed by atoms with E-state index in [-0.39, 0.29) is 5.97 Å². The van der Waals surface area contributed by atoms with E-state index in [0.29, 0.717) is 12.5 Å². The maximum Gasteiger partial charge on any atom is 0.326 e. The molecule has 1 N–H and O–H groups in total. The van der Waals surface area contributed by atoms with Gasteiger partial charge in [0.2, 0.25) is 0 Å². The lowest BCUT2D eigenvalue weighted by molar-refractivity contribution is -0.153. The van der Waals surface area contributed by atoms with Crippen LogP contribution in [0.5, 0.6) is 0 Å². The van der Waals surface area contributed by atoms with Gasteiger partial charge in [0.05, 0.1) is 6.61 Å². The summed E-state index contributed by atoms with van der Waals surface area (Å²) >= 11 is 0. The predicted molar refractivity (Wildman–Crippen MR) is 83.2 cm³/mol. The molecule has 0 radical (unpaired) electrons. The molecule has 2 atom stereocenters. The second-order valence-electron chi connectivity index (χ2n) is 6.51. The fourth-order valence-electron chi connectivity index (χ4n) is 3.41. The molecule has 0 spiro atoms. The van der Waals surface area contributed by atoms with Gasteiger partial charge in [-0.05, 0) is 63.8 Å². The Kier molecular flexibility index (Phi) is 6.49. The summed E-state index contributed by atoms with van der Waals surface area (Å²) in [5, 5.41) is 3.51. The zero-order chi connectivity index (χ0) is 15.1. The minimum atomic E-state index is -0.463. The van der Waals surface area contributed by atoms with Crippen LogP contribution in [0.1, 0.15) is 58.8 Å². The normalized spacial score (nSPS) is 28.8. The van der Waals surface area contributed by atoms with Crippen molar-refractivity contribution in [2.24, 2.45) is 11.8 Å². The molecule has 0 aromatic rings. The number of carbonyl (C=O) groups is 1. The lowest BCUT2D eigenvalue weighted by Crippen LogP contribution is -2.56. The van der Waals surface area contributed by atoms with Crippen molar-refractivity contribution in [3.63, 3.8) is 0 Å². The summed E-state index contributed by atoms with van der Waals surface area (Å²) in [6.07, 6.45) is 7.75. The zero-order valence-corrected chi connectivity index (χ0v) is 13.7. The van der Waals surface area contributed by atoms with Gasteiger partial charge in [-0.3, -0.25) is 4.79 Å². The van der Waals surface area contributed by atoms with Crippen molar-refractivity contribution in [2.45, 2.75) is 64.3 Å². The van der Waals surface area contributed by atoms with Crippen molar-refractivity contribution >= 4 is 5.97 Å². The minimum Gasteiger partial charge on any atom is -0.465 e. The summed E-state index contributed by atoms with van der Waals surface area (Å²) in [4.78, 5) is 12.5. The fraction of sp³-hybridized carbons (Fsp3) is 0.941. The third-order valence-electron chi connectivity index (χ3n) is 4.81. The number of ether oxygens (including phenoxy) is 2. The lowest BCUT2D eigenvalue weighted by Gasteiger charge is -2.34. The third-order valence-corrected chi connectivity index (χ3v) is 4.81. The summed E-state index contributed by atoms with van der Waals surface area (Å²) in [7, 11) is 0. The molecule has 0 aromatic carbocycles. The average molecular weight is 297 g/mol. The van der Waals surface area contributed by atoms with Crippen molar-refractivity contribution < 1.29 is 14.3 Å². The van der Waals surface area contributed by atoms with Crippen LogP contribution in [-0.2, 0) is 14.3 Å². The van der Waals surface area contributed by atoms with Crippen molar-refractivity contribution in [3.05, 3.63) is 0 Å². The van der Waals surface area contributed by atoms with Crippen LogP contribution in [0.3, 0.4) is 0 Å². The monoisotopic (exact) mass is 297 g/mol. The van der Waals surface area contributed by atoms with E-state index in [0.717, 1.165) is 57.8 Å². The van der Waals surface area contributed by atoms with E-state index in [1.807, 2.05) is 6.92 Å². The molecule has 2 unspecified atom stereocenters. The molecule has 4 heteroatoms. The van der Waals surface area contributed by atoms with E-state index in [1.165, 1.54) is 12.8 Å². The van der Waals surface area contributed by atoms with E-state index in [4.69, 9.17) is 9.47 Å². The topological polar surface area (TPSA) is 47.6 Å². The Bertz CT molecular complexity index is 330. The maximum atomic E-state index is 12.5. The zero-order valence-electron chi connectivity index (χ0n) is 13.7. The van der Waals surface area contributed by atoms with Crippen molar-refractivity contribution in [2.75, 3.05) is 26.4 Å². The van der Waals surface area contributed by atoms with Crippen LogP contribution in [0.4, 0.5) is 0 Å². The Morgan fingerprint density at radius 2 is 2.10 bits per heavy atom. The van der Waals surface area contributed by atoms with E-state index in [1.54, 1.807) is 0 Å². The second kappa shape index (κ2) is 8.14. The van der Waals surface area contributed by atoms with E-state index >= 15 is 0 Å². The first-order valence-electron chi connectivity index (χ1n) is 8.73. The van der Waals surface area contributed by atoms with E-state index < -0.39 is 5.54 Å². The largest absolute Gasteiger partial charge is 0.465 e. The SMILES string of the molecule is CCCNC1(C(=O)OCC)CCCC1CCOCC1CC1. The first-order chi connectivity index (χ1) is 10.2. The van der Waals surface area contributed by atoms with Crippen LogP contribution in [0, 0.1) is 11.8 Å². The van der Waals surface area contributed by atoms with Gasteiger partial charge in [-0.25, -0.2) is 0 Å². The molecule has 21 heavy (non-hydrogen) atoms. The van der Waals surface area contributed by atoms with E-state index in [2.05, 4.69) is 12.2 Å². The second-order valence-corrected chi connectivity index (χ2v) is 6.51.